The SMILES string of the molecule is O=C(O)c1cc(N=Nc2cccc(-c3csc(Nc4cccc(C(F)(F)F)c4)n3)c2)cc(C(=O)O)c1. The van der Waals surface area contributed by atoms with Gasteiger partial charge in [-0.2, -0.15) is 23.4 Å². The number of thiazole rings is 1. The number of rotatable bonds is 7. The molecule has 0 radical (unpaired) electrons. The number of hydrogen-bond acceptors (Lipinski definition) is 7. The number of hydrogen-bond donors (Lipinski definition) is 3. The quantitative estimate of drug-likeness (QED) is 0.222. The largest absolute Gasteiger partial charge is 0.478 e. The first kappa shape index (κ1) is 24.5. The minimum absolute atomic E-state index is 0.0546. The van der Waals surface area contributed by atoms with Crippen LogP contribution in [0, 0.1) is 0 Å². The lowest BCUT2D eigenvalue weighted by Crippen LogP contribution is -2.05. The first-order valence-electron chi connectivity index (χ1n) is 10.1. The molecule has 0 saturated carbocycles. The van der Waals surface area contributed by atoms with E-state index >= 15 is 0 Å². The van der Waals surface area contributed by atoms with Gasteiger partial charge in [0.25, 0.3) is 0 Å². The van der Waals surface area contributed by atoms with Gasteiger partial charge in [-0.15, -0.1) is 11.3 Å². The molecule has 0 aliphatic heterocycles. The summed E-state index contributed by atoms with van der Waals surface area (Å²) in [5, 5.41) is 31.4. The van der Waals surface area contributed by atoms with Gasteiger partial charge in [-0.25, -0.2) is 14.6 Å². The number of carboxylic acid groups (broad SMARTS) is 2. The van der Waals surface area contributed by atoms with Crippen LogP contribution in [0.2, 0.25) is 0 Å². The highest BCUT2D eigenvalue weighted by Gasteiger charge is 2.30. The van der Waals surface area contributed by atoms with Gasteiger partial charge < -0.3 is 15.5 Å². The van der Waals surface area contributed by atoms with Crippen molar-refractivity contribution < 1.29 is 33.0 Å². The summed E-state index contributed by atoms with van der Waals surface area (Å²) in [4.78, 5) is 26.9. The van der Waals surface area contributed by atoms with E-state index in [1.54, 1.807) is 29.6 Å². The number of aromatic carboxylic acids is 2. The molecule has 0 saturated heterocycles. The van der Waals surface area contributed by atoms with Gasteiger partial charge in [-0.05, 0) is 48.5 Å². The first-order valence-corrected chi connectivity index (χ1v) is 11.0. The third kappa shape index (κ3) is 5.91. The second kappa shape index (κ2) is 9.96. The summed E-state index contributed by atoms with van der Waals surface area (Å²) in [5.41, 5.74) is 0.661. The standard InChI is InChI=1S/C24H15F3N4O4S/c25-24(26,27)16-4-2-5-17(11-16)28-23-29-20(12-36-23)13-3-1-6-18(8-13)30-31-19-9-14(21(32)33)7-15(10-19)22(34)35/h1-12H,(H,28,29)(H,32,33)(H,34,35). The van der Waals surface area contributed by atoms with Gasteiger partial charge in [0.15, 0.2) is 5.13 Å². The fourth-order valence-corrected chi connectivity index (χ4v) is 3.86. The van der Waals surface area contributed by atoms with Gasteiger partial charge in [-0.3, -0.25) is 0 Å². The lowest BCUT2D eigenvalue weighted by Gasteiger charge is -2.08. The van der Waals surface area contributed by atoms with Crippen molar-refractivity contribution in [2.24, 2.45) is 10.2 Å². The topological polar surface area (TPSA) is 124 Å². The number of benzene rings is 3. The van der Waals surface area contributed by atoms with Gasteiger partial charge >= 0.3 is 18.1 Å². The second-order valence-corrected chi connectivity index (χ2v) is 8.23. The molecule has 4 aromatic rings. The van der Waals surface area contributed by atoms with Crippen LogP contribution in [0.15, 0.2) is 82.3 Å². The Balaban J connectivity index is 1.54. The third-order valence-corrected chi connectivity index (χ3v) is 5.54. The fraction of sp³-hybridized carbons (Fsp3) is 0.0417. The Labute approximate surface area is 205 Å². The van der Waals surface area contributed by atoms with Gasteiger partial charge in [0.2, 0.25) is 0 Å². The number of carbonyl (C=O) groups is 2. The number of azo groups is 1. The van der Waals surface area contributed by atoms with E-state index < -0.39 is 23.7 Å². The van der Waals surface area contributed by atoms with E-state index in [2.05, 4.69) is 20.5 Å². The number of aromatic nitrogens is 1. The molecule has 182 valence electrons. The normalized spacial score (nSPS) is 11.5. The van der Waals surface area contributed by atoms with Crippen LogP contribution in [0.25, 0.3) is 11.3 Å². The lowest BCUT2D eigenvalue weighted by molar-refractivity contribution is -0.137. The Kier molecular flexibility index (Phi) is 6.79. The summed E-state index contributed by atoms with van der Waals surface area (Å²) in [6.45, 7) is 0. The average molecular weight is 512 g/mol. The van der Waals surface area contributed by atoms with Crippen molar-refractivity contribution in [3.63, 3.8) is 0 Å². The van der Waals surface area contributed by atoms with Crippen molar-refractivity contribution in [2.75, 3.05) is 5.32 Å². The number of alkyl halides is 3. The minimum Gasteiger partial charge on any atom is -0.478 e. The molecular weight excluding hydrogens is 497 g/mol. The van der Waals surface area contributed by atoms with Crippen LogP contribution < -0.4 is 5.32 Å². The number of halogens is 3. The highest BCUT2D eigenvalue weighted by Crippen LogP contribution is 2.33. The Hall–Kier alpha value is -4.58. The second-order valence-electron chi connectivity index (χ2n) is 7.37. The first-order chi connectivity index (χ1) is 17.1. The maximum atomic E-state index is 12.9. The van der Waals surface area contributed by atoms with Crippen LogP contribution in [0.4, 0.5) is 35.4 Å². The van der Waals surface area contributed by atoms with E-state index in [1.807, 2.05) is 0 Å². The Morgan fingerprint density at radius 2 is 1.53 bits per heavy atom. The fourth-order valence-electron chi connectivity index (χ4n) is 3.12. The van der Waals surface area contributed by atoms with E-state index in [9.17, 15) is 33.0 Å². The van der Waals surface area contributed by atoms with E-state index in [-0.39, 0.29) is 22.5 Å². The average Bonchev–Trinajstić information content (AvgIpc) is 3.31. The molecule has 0 aliphatic rings. The molecule has 0 aliphatic carbocycles. The van der Waals surface area contributed by atoms with Gasteiger partial charge in [-0.1, -0.05) is 18.2 Å². The molecule has 0 bridgehead atoms. The number of carboxylic acids is 2. The van der Waals surface area contributed by atoms with Crippen molar-refractivity contribution in [2.45, 2.75) is 6.18 Å². The van der Waals surface area contributed by atoms with Crippen LogP contribution in [0.1, 0.15) is 26.3 Å². The molecule has 8 nitrogen and oxygen atoms in total. The van der Waals surface area contributed by atoms with Crippen LogP contribution in [0.3, 0.4) is 0 Å². The van der Waals surface area contributed by atoms with Crippen LogP contribution in [-0.2, 0) is 6.18 Å². The van der Waals surface area contributed by atoms with E-state index in [0.717, 1.165) is 18.2 Å². The molecule has 36 heavy (non-hydrogen) atoms. The lowest BCUT2D eigenvalue weighted by atomic mass is 10.1. The van der Waals surface area contributed by atoms with E-state index in [1.165, 1.54) is 35.6 Å². The van der Waals surface area contributed by atoms with Crippen molar-refractivity contribution in [3.8, 4) is 11.3 Å². The molecule has 0 fully saturated rings. The molecule has 1 heterocycles. The zero-order chi connectivity index (χ0) is 25.9. The van der Waals surface area contributed by atoms with Crippen LogP contribution >= 0.6 is 11.3 Å². The Morgan fingerprint density at radius 1 is 0.861 bits per heavy atom. The molecule has 0 unspecified atom stereocenters. The molecule has 3 aromatic carbocycles. The molecule has 12 heteroatoms. The van der Waals surface area contributed by atoms with Crippen molar-refractivity contribution in [3.05, 3.63) is 88.8 Å². The zero-order valence-electron chi connectivity index (χ0n) is 18.0. The summed E-state index contributed by atoms with van der Waals surface area (Å²) >= 11 is 1.21. The highest BCUT2D eigenvalue weighted by molar-refractivity contribution is 7.14. The van der Waals surface area contributed by atoms with E-state index in [4.69, 9.17) is 0 Å². The van der Waals surface area contributed by atoms with Gasteiger partial charge in [0, 0.05) is 16.6 Å². The van der Waals surface area contributed by atoms with Crippen molar-refractivity contribution >= 4 is 45.5 Å². The predicted molar refractivity (Wildman–Crippen MR) is 127 cm³/mol. The summed E-state index contributed by atoms with van der Waals surface area (Å²) in [6, 6.07) is 15.0. The number of nitrogens with zero attached hydrogens (tertiary/aromatic N) is 3. The van der Waals surface area contributed by atoms with Gasteiger partial charge in [0.05, 0.1) is 33.8 Å². The van der Waals surface area contributed by atoms with Crippen molar-refractivity contribution in [1.82, 2.24) is 4.98 Å². The predicted octanol–water partition coefficient (Wildman–Crippen LogP) is 7.38. The number of nitrogens with one attached hydrogen (secondary N) is 1. The third-order valence-electron chi connectivity index (χ3n) is 4.78. The maximum Gasteiger partial charge on any atom is 0.416 e. The molecule has 0 atom stereocenters. The number of anilines is 2. The monoisotopic (exact) mass is 512 g/mol. The van der Waals surface area contributed by atoms with Gasteiger partial charge in [0.1, 0.15) is 0 Å². The summed E-state index contributed by atoms with van der Waals surface area (Å²) in [6.07, 6.45) is -4.45. The molecule has 0 spiro atoms. The van der Waals surface area contributed by atoms with Crippen LogP contribution in [0.5, 0.6) is 0 Å². The Bertz CT molecular complexity index is 1450. The summed E-state index contributed by atoms with van der Waals surface area (Å²) in [5.74, 6) is -2.59. The maximum absolute atomic E-state index is 12.9. The smallest absolute Gasteiger partial charge is 0.416 e. The van der Waals surface area contributed by atoms with Crippen molar-refractivity contribution in [1.29, 1.82) is 0 Å². The zero-order valence-corrected chi connectivity index (χ0v) is 18.8. The molecular formula is C24H15F3N4O4S. The van der Waals surface area contributed by atoms with E-state index in [0.29, 0.717) is 22.1 Å². The van der Waals surface area contributed by atoms with Crippen LogP contribution in [-0.4, -0.2) is 27.1 Å². The molecule has 0 amide bonds. The Morgan fingerprint density at radius 3 is 2.19 bits per heavy atom. The molecule has 3 N–H and O–H groups in total. The minimum atomic E-state index is -4.45. The highest BCUT2D eigenvalue weighted by atomic mass is 32.1. The molecule has 4 rings (SSSR count). The summed E-state index contributed by atoms with van der Waals surface area (Å²) in [7, 11) is 0. The molecule has 1 aromatic heterocycles. The summed E-state index contributed by atoms with van der Waals surface area (Å²) < 4.78 is 38.8.